The van der Waals surface area contributed by atoms with Crippen molar-refractivity contribution in [1.29, 1.82) is 0 Å². The van der Waals surface area contributed by atoms with Crippen LogP contribution >= 0.6 is 0 Å². The van der Waals surface area contributed by atoms with Crippen LogP contribution in [0.2, 0.25) is 0 Å². The Morgan fingerprint density at radius 3 is 2.80 bits per heavy atom. The van der Waals surface area contributed by atoms with E-state index >= 15 is 0 Å². The van der Waals surface area contributed by atoms with Crippen LogP contribution in [-0.2, 0) is 4.74 Å². The number of nitrogens with zero attached hydrogens (tertiary/aromatic N) is 1. The Kier molecular flexibility index (Phi) is 4.43. The fourth-order valence-corrected chi connectivity index (χ4v) is 1.60. The van der Waals surface area contributed by atoms with Gasteiger partial charge in [-0.2, -0.15) is 0 Å². The highest BCUT2D eigenvalue weighted by Crippen LogP contribution is 2.21. The number of rotatable bonds is 5. The summed E-state index contributed by atoms with van der Waals surface area (Å²) in [6.45, 7) is 3.88. The molecular formula is C12H20N2O. The van der Waals surface area contributed by atoms with Crippen LogP contribution in [-0.4, -0.2) is 27.3 Å². The fourth-order valence-electron chi connectivity index (χ4n) is 1.60. The average Bonchev–Trinajstić information content (AvgIpc) is 2.22. The Hall–Kier alpha value is -1.22. The molecule has 0 spiro atoms. The Labute approximate surface area is 91.8 Å². The van der Waals surface area contributed by atoms with E-state index in [9.17, 15) is 0 Å². The smallest absolute Gasteiger partial charge is 0.0479 e. The first-order valence-corrected chi connectivity index (χ1v) is 5.21. The topological polar surface area (TPSA) is 38.5 Å². The summed E-state index contributed by atoms with van der Waals surface area (Å²) in [7, 11) is 3.81. The number of benzene rings is 1. The third kappa shape index (κ3) is 3.44. The van der Waals surface area contributed by atoms with Crippen LogP contribution in [0.3, 0.4) is 0 Å². The summed E-state index contributed by atoms with van der Waals surface area (Å²) < 4.78 is 5.03. The maximum absolute atomic E-state index is 5.77. The van der Waals surface area contributed by atoms with Gasteiger partial charge in [0.1, 0.15) is 0 Å². The molecule has 2 N–H and O–H groups in total. The maximum atomic E-state index is 5.77. The highest BCUT2D eigenvalue weighted by molar-refractivity contribution is 5.60. The molecule has 0 saturated carbocycles. The molecule has 3 heteroatoms. The van der Waals surface area contributed by atoms with Crippen molar-refractivity contribution in [2.45, 2.75) is 13.3 Å². The monoisotopic (exact) mass is 208 g/mol. The normalized spacial score (nSPS) is 10.3. The largest absolute Gasteiger partial charge is 0.399 e. The third-order valence-corrected chi connectivity index (χ3v) is 2.49. The van der Waals surface area contributed by atoms with Crippen molar-refractivity contribution in [3.05, 3.63) is 23.8 Å². The highest BCUT2D eigenvalue weighted by Gasteiger charge is 2.04. The quantitative estimate of drug-likeness (QED) is 0.594. The van der Waals surface area contributed by atoms with Crippen molar-refractivity contribution < 1.29 is 4.74 Å². The van der Waals surface area contributed by atoms with Gasteiger partial charge in [0.15, 0.2) is 0 Å². The fraction of sp³-hybridized carbons (Fsp3) is 0.500. The van der Waals surface area contributed by atoms with Crippen molar-refractivity contribution in [3.8, 4) is 0 Å². The lowest BCUT2D eigenvalue weighted by Crippen LogP contribution is -2.20. The minimum absolute atomic E-state index is 0.797. The Morgan fingerprint density at radius 1 is 1.40 bits per heavy atom. The molecule has 1 aromatic carbocycles. The van der Waals surface area contributed by atoms with Crippen molar-refractivity contribution in [1.82, 2.24) is 0 Å². The number of ether oxygens (including phenoxy) is 1. The van der Waals surface area contributed by atoms with Crippen LogP contribution in [0.4, 0.5) is 11.4 Å². The zero-order valence-corrected chi connectivity index (χ0v) is 9.79. The Morgan fingerprint density at radius 2 is 2.13 bits per heavy atom. The van der Waals surface area contributed by atoms with Crippen molar-refractivity contribution in [2.75, 3.05) is 37.9 Å². The summed E-state index contributed by atoms with van der Waals surface area (Å²) in [6.07, 6.45) is 1.03. The number of nitrogen functional groups attached to an aromatic ring is 1. The molecule has 3 nitrogen and oxygen atoms in total. The van der Waals surface area contributed by atoms with E-state index in [1.54, 1.807) is 7.11 Å². The second kappa shape index (κ2) is 5.61. The molecule has 15 heavy (non-hydrogen) atoms. The summed E-state index contributed by atoms with van der Waals surface area (Å²) in [4.78, 5) is 2.21. The molecule has 0 aromatic heterocycles. The molecule has 0 saturated heterocycles. The van der Waals surface area contributed by atoms with Gasteiger partial charge in [0.05, 0.1) is 0 Å². The summed E-state index contributed by atoms with van der Waals surface area (Å²) in [5.41, 5.74) is 9.04. The van der Waals surface area contributed by atoms with Gasteiger partial charge in [0.25, 0.3) is 0 Å². The zero-order valence-electron chi connectivity index (χ0n) is 9.79. The third-order valence-electron chi connectivity index (χ3n) is 2.49. The van der Waals surface area contributed by atoms with Crippen LogP contribution in [0.15, 0.2) is 18.2 Å². The van der Waals surface area contributed by atoms with Crippen LogP contribution < -0.4 is 10.6 Å². The van der Waals surface area contributed by atoms with E-state index in [2.05, 4.69) is 24.9 Å². The molecule has 0 amide bonds. The number of anilines is 2. The number of aryl methyl sites for hydroxylation is 1. The highest BCUT2D eigenvalue weighted by atomic mass is 16.5. The van der Waals surface area contributed by atoms with Crippen LogP contribution in [0.5, 0.6) is 0 Å². The first kappa shape index (κ1) is 11.9. The summed E-state index contributed by atoms with van der Waals surface area (Å²) in [6, 6.07) is 6.00. The molecule has 1 aromatic rings. The molecule has 0 atom stereocenters. The van der Waals surface area contributed by atoms with E-state index in [1.165, 1.54) is 11.3 Å². The standard InChI is InChI=1S/C12H20N2O/c1-10-5-6-11(13)9-12(10)14(2)7-4-8-15-3/h5-6,9H,4,7-8,13H2,1-3H3. The summed E-state index contributed by atoms with van der Waals surface area (Å²) in [5, 5.41) is 0. The molecule has 0 aliphatic rings. The lowest BCUT2D eigenvalue weighted by Gasteiger charge is -2.21. The second-order valence-corrected chi connectivity index (χ2v) is 3.81. The first-order chi connectivity index (χ1) is 7.15. The number of hydrogen-bond acceptors (Lipinski definition) is 3. The zero-order chi connectivity index (χ0) is 11.3. The maximum Gasteiger partial charge on any atom is 0.0479 e. The molecule has 0 aliphatic carbocycles. The van der Waals surface area contributed by atoms with Gasteiger partial charge in [-0.3, -0.25) is 0 Å². The van der Waals surface area contributed by atoms with E-state index in [1.807, 2.05) is 12.1 Å². The van der Waals surface area contributed by atoms with Gasteiger partial charge in [-0.1, -0.05) is 6.07 Å². The SMILES string of the molecule is COCCCN(C)c1cc(N)ccc1C. The lowest BCUT2D eigenvalue weighted by atomic mass is 10.1. The molecule has 0 fully saturated rings. The first-order valence-electron chi connectivity index (χ1n) is 5.21. The van der Waals surface area contributed by atoms with Crippen LogP contribution in [0, 0.1) is 6.92 Å². The van der Waals surface area contributed by atoms with Crippen molar-refractivity contribution in [3.63, 3.8) is 0 Å². The Balaban J connectivity index is 2.64. The molecule has 0 unspecified atom stereocenters. The van der Waals surface area contributed by atoms with E-state index in [4.69, 9.17) is 10.5 Å². The van der Waals surface area contributed by atoms with Crippen LogP contribution in [0.25, 0.3) is 0 Å². The van der Waals surface area contributed by atoms with Gasteiger partial charge in [-0.05, 0) is 31.0 Å². The van der Waals surface area contributed by atoms with Gasteiger partial charge in [0.2, 0.25) is 0 Å². The van der Waals surface area contributed by atoms with Gasteiger partial charge >= 0.3 is 0 Å². The van der Waals surface area contributed by atoms with E-state index in [-0.39, 0.29) is 0 Å². The lowest BCUT2D eigenvalue weighted by molar-refractivity contribution is 0.196. The Bertz CT molecular complexity index is 312. The molecule has 1 rings (SSSR count). The van der Waals surface area contributed by atoms with Gasteiger partial charge in [-0.15, -0.1) is 0 Å². The molecule has 0 aliphatic heterocycles. The minimum Gasteiger partial charge on any atom is -0.399 e. The van der Waals surface area contributed by atoms with E-state index < -0.39 is 0 Å². The van der Waals surface area contributed by atoms with Gasteiger partial charge in [0, 0.05) is 38.7 Å². The second-order valence-electron chi connectivity index (χ2n) is 3.81. The molecule has 84 valence electrons. The minimum atomic E-state index is 0.797. The predicted molar refractivity (Wildman–Crippen MR) is 65.4 cm³/mol. The molecular weight excluding hydrogens is 188 g/mol. The van der Waals surface area contributed by atoms with Gasteiger partial charge in [-0.25, -0.2) is 0 Å². The molecule has 0 heterocycles. The molecule has 0 bridgehead atoms. The van der Waals surface area contributed by atoms with E-state index in [0.717, 1.165) is 25.3 Å². The number of nitrogens with two attached hydrogens (primary N) is 1. The molecule has 0 radical (unpaired) electrons. The van der Waals surface area contributed by atoms with Crippen molar-refractivity contribution in [2.24, 2.45) is 0 Å². The predicted octanol–water partition coefficient (Wildman–Crippen LogP) is 2.05. The summed E-state index contributed by atoms with van der Waals surface area (Å²) in [5.74, 6) is 0. The number of hydrogen-bond donors (Lipinski definition) is 1. The summed E-state index contributed by atoms with van der Waals surface area (Å²) >= 11 is 0. The average molecular weight is 208 g/mol. The van der Waals surface area contributed by atoms with Crippen LogP contribution in [0.1, 0.15) is 12.0 Å². The van der Waals surface area contributed by atoms with Crippen molar-refractivity contribution >= 4 is 11.4 Å². The number of methoxy groups -OCH3 is 1. The van der Waals surface area contributed by atoms with Gasteiger partial charge < -0.3 is 15.4 Å². The van der Waals surface area contributed by atoms with E-state index in [0.29, 0.717) is 0 Å².